The summed E-state index contributed by atoms with van der Waals surface area (Å²) in [5.74, 6) is 1.52. The number of hydrogen-bond donors (Lipinski definition) is 1. The highest BCUT2D eigenvalue weighted by Crippen LogP contribution is 2.23. The van der Waals surface area contributed by atoms with Crippen LogP contribution in [0.4, 0.5) is 5.82 Å². The molecule has 108 valence electrons. The zero-order valence-electron chi connectivity index (χ0n) is 12.1. The van der Waals surface area contributed by atoms with Crippen LogP contribution in [-0.2, 0) is 12.8 Å². The zero-order chi connectivity index (χ0) is 14.7. The summed E-state index contributed by atoms with van der Waals surface area (Å²) in [5, 5.41) is 6.31. The van der Waals surface area contributed by atoms with E-state index in [1.165, 1.54) is 5.56 Å². The van der Waals surface area contributed by atoms with Gasteiger partial charge in [-0.2, -0.15) is 9.89 Å². The molecule has 3 heterocycles. The van der Waals surface area contributed by atoms with Crippen LogP contribution in [0.1, 0.15) is 25.1 Å². The Labute approximate surface area is 127 Å². The lowest BCUT2D eigenvalue weighted by atomic mass is 10.3. The van der Waals surface area contributed by atoms with Gasteiger partial charge in [0.15, 0.2) is 11.6 Å². The molecule has 0 amide bonds. The van der Waals surface area contributed by atoms with Crippen molar-refractivity contribution in [1.29, 1.82) is 0 Å². The SMILES string of the molecule is CCc1cnn(Nc2cc(CC)nc(-c3cccs3)n2)c1. The summed E-state index contributed by atoms with van der Waals surface area (Å²) in [5.41, 5.74) is 5.39. The Morgan fingerprint density at radius 1 is 1.24 bits per heavy atom. The molecule has 0 aromatic carbocycles. The molecule has 3 rings (SSSR count). The van der Waals surface area contributed by atoms with Crippen molar-refractivity contribution in [1.82, 2.24) is 19.9 Å². The first-order valence-electron chi connectivity index (χ1n) is 7.01. The van der Waals surface area contributed by atoms with Gasteiger partial charge < -0.3 is 0 Å². The molecule has 0 bridgehead atoms. The second-order valence-corrected chi connectivity index (χ2v) is 5.61. The van der Waals surface area contributed by atoms with Crippen LogP contribution in [0.2, 0.25) is 0 Å². The van der Waals surface area contributed by atoms with E-state index in [4.69, 9.17) is 0 Å². The molecule has 0 radical (unpaired) electrons. The minimum atomic E-state index is 0.759. The standard InChI is InChI=1S/C15H17N5S/c1-3-11-9-16-20(10-11)19-14-8-12(4-2)17-15(18-14)13-6-5-7-21-13/h5-10H,3-4H2,1-2H3,(H,17,18,19). The van der Waals surface area contributed by atoms with E-state index in [-0.39, 0.29) is 0 Å². The lowest BCUT2D eigenvalue weighted by Gasteiger charge is -2.08. The fourth-order valence-corrected chi connectivity index (χ4v) is 2.63. The number of aryl methyl sites for hydroxylation is 2. The number of aromatic nitrogens is 4. The van der Waals surface area contributed by atoms with Crippen molar-refractivity contribution in [3.05, 3.63) is 47.2 Å². The molecule has 0 aliphatic heterocycles. The number of rotatable bonds is 5. The first-order chi connectivity index (χ1) is 10.3. The van der Waals surface area contributed by atoms with Crippen LogP contribution in [0.15, 0.2) is 36.0 Å². The molecule has 0 fully saturated rings. The molecule has 5 nitrogen and oxygen atoms in total. The fourth-order valence-electron chi connectivity index (χ4n) is 1.97. The maximum Gasteiger partial charge on any atom is 0.171 e. The predicted octanol–water partition coefficient (Wildman–Crippen LogP) is 3.40. The van der Waals surface area contributed by atoms with Gasteiger partial charge in [0, 0.05) is 11.8 Å². The van der Waals surface area contributed by atoms with Gasteiger partial charge in [0.1, 0.15) is 0 Å². The summed E-state index contributed by atoms with van der Waals surface area (Å²) in [6, 6.07) is 6.01. The summed E-state index contributed by atoms with van der Waals surface area (Å²) in [6.07, 6.45) is 5.66. The Bertz CT molecular complexity index is 718. The summed E-state index contributed by atoms with van der Waals surface area (Å²) in [4.78, 5) is 11.9. The molecule has 0 atom stereocenters. The first-order valence-corrected chi connectivity index (χ1v) is 7.89. The predicted molar refractivity (Wildman–Crippen MR) is 85.3 cm³/mol. The van der Waals surface area contributed by atoms with Crippen LogP contribution in [0.25, 0.3) is 10.7 Å². The molecule has 3 aromatic heterocycles. The monoisotopic (exact) mass is 299 g/mol. The van der Waals surface area contributed by atoms with Gasteiger partial charge in [0.2, 0.25) is 0 Å². The van der Waals surface area contributed by atoms with Crippen LogP contribution in [0.5, 0.6) is 0 Å². The number of hydrogen-bond acceptors (Lipinski definition) is 5. The summed E-state index contributed by atoms with van der Waals surface area (Å²) < 4.78 is 0. The van der Waals surface area contributed by atoms with Crippen LogP contribution < -0.4 is 5.43 Å². The van der Waals surface area contributed by atoms with Gasteiger partial charge in [-0.05, 0) is 29.9 Å². The molecule has 0 aliphatic carbocycles. The average Bonchev–Trinajstić information content (AvgIpc) is 3.18. The third-order valence-corrected chi connectivity index (χ3v) is 4.02. The lowest BCUT2D eigenvalue weighted by molar-refractivity contribution is 0.792. The van der Waals surface area contributed by atoms with Gasteiger partial charge in [0.25, 0.3) is 0 Å². The minimum Gasteiger partial charge on any atom is -0.261 e. The molecular formula is C15H17N5S. The zero-order valence-corrected chi connectivity index (χ0v) is 12.9. The Balaban J connectivity index is 1.92. The molecule has 0 saturated carbocycles. The van der Waals surface area contributed by atoms with Crippen LogP contribution >= 0.6 is 11.3 Å². The van der Waals surface area contributed by atoms with Gasteiger partial charge in [-0.15, -0.1) is 11.3 Å². The fraction of sp³-hybridized carbons (Fsp3) is 0.267. The molecule has 6 heteroatoms. The molecule has 0 spiro atoms. The van der Waals surface area contributed by atoms with Gasteiger partial charge in [-0.3, -0.25) is 5.43 Å². The third kappa shape index (κ3) is 3.11. The average molecular weight is 299 g/mol. The molecule has 0 aliphatic rings. The van der Waals surface area contributed by atoms with E-state index < -0.39 is 0 Å². The summed E-state index contributed by atoms with van der Waals surface area (Å²) in [6.45, 7) is 4.20. The Kier molecular flexibility index (Phi) is 3.96. The Morgan fingerprint density at radius 2 is 2.14 bits per heavy atom. The smallest absolute Gasteiger partial charge is 0.171 e. The molecule has 0 unspecified atom stereocenters. The van der Waals surface area contributed by atoms with Crippen molar-refractivity contribution < 1.29 is 0 Å². The van der Waals surface area contributed by atoms with Crippen LogP contribution in [0.3, 0.4) is 0 Å². The third-order valence-electron chi connectivity index (χ3n) is 3.16. The van der Waals surface area contributed by atoms with Crippen molar-refractivity contribution in [2.75, 3.05) is 5.43 Å². The quantitative estimate of drug-likeness (QED) is 0.784. The molecule has 3 aromatic rings. The van der Waals surface area contributed by atoms with Crippen molar-refractivity contribution >= 4 is 17.2 Å². The van der Waals surface area contributed by atoms with E-state index in [2.05, 4.69) is 34.3 Å². The van der Waals surface area contributed by atoms with E-state index in [0.29, 0.717) is 0 Å². The van der Waals surface area contributed by atoms with E-state index in [1.807, 2.05) is 36.0 Å². The van der Waals surface area contributed by atoms with Gasteiger partial charge in [0.05, 0.1) is 17.3 Å². The van der Waals surface area contributed by atoms with Crippen molar-refractivity contribution in [3.63, 3.8) is 0 Å². The van der Waals surface area contributed by atoms with E-state index in [0.717, 1.165) is 35.1 Å². The minimum absolute atomic E-state index is 0.759. The van der Waals surface area contributed by atoms with E-state index in [1.54, 1.807) is 16.1 Å². The first kappa shape index (κ1) is 13.8. The molecule has 1 N–H and O–H groups in total. The summed E-state index contributed by atoms with van der Waals surface area (Å²) >= 11 is 1.64. The van der Waals surface area contributed by atoms with Crippen molar-refractivity contribution in [2.24, 2.45) is 0 Å². The normalized spacial score (nSPS) is 10.8. The van der Waals surface area contributed by atoms with Gasteiger partial charge in [-0.1, -0.05) is 19.9 Å². The second-order valence-electron chi connectivity index (χ2n) is 4.66. The number of nitrogens with zero attached hydrogens (tertiary/aromatic N) is 4. The lowest BCUT2D eigenvalue weighted by Crippen LogP contribution is -2.12. The van der Waals surface area contributed by atoms with E-state index >= 15 is 0 Å². The molecule has 0 saturated heterocycles. The highest BCUT2D eigenvalue weighted by molar-refractivity contribution is 7.13. The van der Waals surface area contributed by atoms with Crippen molar-refractivity contribution in [3.8, 4) is 10.7 Å². The largest absolute Gasteiger partial charge is 0.261 e. The number of anilines is 1. The van der Waals surface area contributed by atoms with Crippen molar-refractivity contribution in [2.45, 2.75) is 26.7 Å². The number of nitrogens with one attached hydrogen (secondary N) is 1. The maximum absolute atomic E-state index is 4.59. The Morgan fingerprint density at radius 3 is 2.81 bits per heavy atom. The van der Waals surface area contributed by atoms with Gasteiger partial charge >= 0.3 is 0 Å². The van der Waals surface area contributed by atoms with E-state index in [9.17, 15) is 0 Å². The maximum atomic E-state index is 4.59. The number of thiophene rings is 1. The molecule has 21 heavy (non-hydrogen) atoms. The highest BCUT2D eigenvalue weighted by atomic mass is 32.1. The second kappa shape index (κ2) is 6.05. The van der Waals surface area contributed by atoms with Crippen LogP contribution in [-0.4, -0.2) is 19.9 Å². The van der Waals surface area contributed by atoms with Gasteiger partial charge in [-0.25, -0.2) is 9.97 Å². The van der Waals surface area contributed by atoms with Crippen LogP contribution in [0, 0.1) is 0 Å². The topological polar surface area (TPSA) is 55.6 Å². The highest BCUT2D eigenvalue weighted by Gasteiger charge is 2.07. The Hall–Kier alpha value is -2.21. The molecular weight excluding hydrogens is 282 g/mol. The summed E-state index contributed by atoms with van der Waals surface area (Å²) in [7, 11) is 0.